The Morgan fingerprint density at radius 1 is 0.846 bits per heavy atom. The number of rotatable bonds is 1. The maximum absolute atomic E-state index is 2.49. The van der Waals surface area contributed by atoms with Gasteiger partial charge < -0.3 is 0 Å². The minimum Gasteiger partial charge on any atom is -0.0616 e. The van der Waals surface area contributed by atoms with Crippen molar-refractivity contribution >= 4 is 38.9 Å². The summed E-state index contributed by atoms with van der Waals surface area (Å²) in [6, 6.07) is 22.5. The van der Waals surface area contributed by atoms with Gasteiger partial charge >= 0.3 is 0 Å². The van der Waals surface area contributed by atoms with Crippen molar-refractivity contribution in [1.82, 2.24) is 0 Å². The molecular formula is C25H21I. The zero-order valence-corrected chi connectivity index (χ0v) is 17.2. The molecule has 5 rings (SSSR count). The van der Waals surface area contributed by atoms with Crippen LogP contribution in [0.5, 0.6) is 0 Å². The Kier molecular flexibility index (Phi) is 3.65. The highest BCUT2D eigenvalue weighted by molar-refractivity contribution is 14.1. The third-order valence-electron chi connectivity index (χ3n) is 6.20. The summed E-state index contributed by atoms with van der Waals surface area (Å²) >= 11 is 2.49. The van der Waals surface area contributed by atoms with Crippen LogP contribution in [0.1, 0.15) is 31.4 Å². The van der Waals surface area contributed by atoms with E-state index in [0.29, 0.717) is 5.92 Å². The molecule has 26 heavy (non-hydrogen) atoms. The molecule has 0 fully saturated rings. The van der Waals surface area contributed by atoms with Crippen LogP contribution in [0.2, 0.25) is 0 Å². The fourth-order valence-electron chi connectivity index (χ4n) is 4.66. The fraction of sp³-hybridized carbons (Fsp3) is 0.200. The molecule has 0 saturated carbocycles. The number of allylic oxidation sites excluding steroid dienone is 4. The second-order valence-corrected chi connectivity index (χ2v) is 9.42. The largest absolute Gasteiger partial charge is 0.0616 e. The lowest BCUT2D eigenvalue weighted by molar-refractivity contribution is 0.414. The number of hydrogen-bond donors (Lipinski definition) is 0. The lowest BCUT2D eigenvalue weighted by atomic mass is 9.74. The van der Waals surface area contributed by atoms with Crippen LogP contribution < -0.4 is 0 Å². The van der Waals surface area contributed by atoms with Crippen LogP contribution in [0.3, 0.4) is 0 Å². The van der Waals surface area contributed by atoms with Crippen LogP contribution in [0.25, 0.3) is 27.5 Å². The van der Waals surface area contributed by atoms with E-state index in [1.165, 1.54) is 48.6 Å². The Labute approximate surface area is 168 Å². The van der Waals surface area contributed by atoms with Crippen molar-refractivity contribution in [3.8, 4) is 11.1 Å². The highest BCUT2D eigenvalue weighted by Gasteiger charge is 2.43. The minimum atomic E-state index is 0.179. The summed E-state index contributed by atoms with van der Waals surface area (Å²) in [7, 11) is 0. The Hall–Kier alpha value is -1.87. The number of benzene rings is 3. The smallest absolute Gasteiger partial charge is 0.00189 e. The van der Waals surface area contributed by atoms with Crippen molar-refractivity contribution in [1.29, 1.82) is 0 Å². The molecule has 0 saturated heterocycles. The van der Waals surface area contributed by atoms with E-state index in [2.05, 4.69) is 109 Å². The molecule has 0 N–H and O–H groups in total. The molecule has 0 bridgehead atoms. The summed E-state index contributed by atoms with van der Waals surface area (Å²) in [6.45, 7) is 4.83. The molecule has 0 aliphatic heterocycles. The molecule has 2 aliphatic carbocycles. The molecule has 0 aromatic heterocycles. The van der Waals surface area contributed by atoms with Crippen molar-refractivity contribution < 1.29 is 0 Å². The summed E-state index contributed by atoms with van der Waals surface area (Å²) in [6.07, 6.45) is 5.80. The Morgan fingerprint density at radius 2 is 1.58 bits per heavy atom. The third kappa shape index (κ3) is 2.40. The van der Waals surface area contributed by atoms with Gasteiger partial charge in [-0.3, -0.25) is 0 Å². The highest BCUT2D eigenvalue weighted by atomic mass is 127. The molecule has 0 amide bonds. The number of halogens is 1. The lowest BCUT2D eigenvalue weighted by Gasteiger charge is -2.30. The summed E-state index contributed by atoms with van der Waals surface area (Å²) in [5, 5.41) is 2.61. The highest BCUT2D eigenvalue weighted by Crippen LogP contribution is 2.54. The van der Waals surface area contributed by atoms with Crippen LogP contribution >= 0.6 is 22.6 Å². The maximum atomic E-state index is 2.49. The summed E-state index contributed by atoms with van der Waals surface area (Å²) in [4.78, 5) is 0. The second kappa shape index (κ2) is 5.82. The number of hydrogen-bond acceptors (Lipinski definition) is 0. The molecule has 3 aromatic carbocycles. The van der Waals surface area contributed by atoms with Gasteiger partial charge in [0.25, 0.3) is 0 Å². The van der Waals surface area contributed by atoms with Crippen molar-refractivity contribution in [3.63, 3.8) is 0 Å². The Bertz CT molecular complexity index is 1100. The van der Waals surface area contributed by atoms with E-state index in [-0.39, 0.29) is 5.41 Å². The average molecular weight is 448 g/mol. The van der Waals surface area contributed by atoms with E-state index in [4.69, 9.17) is 0 Å². The molecular weight excluding hydrogens is 427 g/mol. The van der Waals surface area contributed by atoms with Crippen LogP contribution in [-0.4, -0.2) is 0 Å². The Balaban J connectivity index is 1.65. The van der Waals surface area contributed by atoms with Gasteiger partial charge in [0.2, 0.25) is 0 Å². The van der Waals surface area contributed by atoms with Crippen molar-refractivity contribution in [3.05, 3.63) is 87.5 Å². The van der Waals surface area contributed by atoms with E-state index >= 15 is 0 Å². The van der Waals surface area contributed by atoms with Crippen molar-refractivity contribution in [2.45, 2.75) is 25.7 Å². The molecule has 0 spiro atoms. The first-order valence-corrected chi connectivity index (χ1v) is 10.3. The summed E-state index contributed by atoms with van der Waals surface area (Å²) in [5.74, 6) is 0.598. The molecule has 2 aliphatic rings. The van der Waals surface area contributed by atoms with Crippen LogP contribution in [0.4, 0.5) is 0 Å². The van der Waals surface area contributed by atoms with Crippen molar-refractivity contribution in [2.75, 3.05) is 0 Å². The Morgan fingerprint density at radius 3 is 2.42 bits per heavy atom. The summed E-state index contributed by atoms with van der Waals surface area (Å²) in [5.41, 5.74) is 7.28. The van der Waals surface area contributed by atoms with E-state index in [1.54, 1.807) is 0 Å². The molecule has 1 atom stereocenters. The van der Waals surface area contributed by atoms with Gasteiger partial charge in [-0.2, -0.15) is 0 Å². The molecule has 128 valence electrons. The summed E-state index contributed by atoms with van der Waals surface area (Å²) < 4.78 is 1.46. The predicted molar refractivity (Wildman–Crippen MR) is 121 cm³/mol. The third-order valence-corrected chi connectivity index (χ3v) is 7.00. The van der Waals surface area contributed by atoms with Gasteiger partial charge in [-0.05, 0) is 94.7 Å². The van der Waals surface area contributed by atoms with E-state index in [1.807, 2.05) is 0 Å². The van der Waals surface area contributed by atoms with E-state index < -0.39 is 0 Å². The second-order valence-electron chi connectivity index (χ2n) is 8.04. The van der Waals surface area contributed by atoms with Gasteiger partial charge in [0.15, 0.2) is 0 Å². The molecule has 0 heterocycles. The SMILES string of the molecule is CC1(C)c2cc(-c3ccc4ccccc4c3)ccc2C2=CC=C(I)CC21. The van der Waals surface area contributed by atoms with Crippen LogP contribution in [0.15, 0.2) is 76.4 Å². The van der Waals surface area contributed by atoms with Crippen molar-refractivity contribution in [2.24, 2.45) is 5.92 Å². The maximum Gasteiger partial charge on any atom is -0.00189 e. The van der Waals surface area contributed by atoms with Crippen LogP contribution in [0, 0.1) is 5.92 Å². The zero-order valence-electron chi connectivity index (χ0n) is 15.1. The van der Waals surface area contributed by atoms with Gasteiger partial charge in [-0.15, -0.1) is 0 Å². The monoisotopic (exact) mass is 448 g/mol. The molecule has 1 unspecified atom stereocenters. The zero-order chi connectivity index (χ0) is 17.9. The minimum absolute atomic E-state index is 0.179. The first-order valence-electron chi connectivity index (χ1n) is 9.24. The van der Waals surface area contributed by atoms with E-state index in [9.17, 15) is 0 Å². The first-order chi connectivity index (χ1) is 12.5. The molecule has 0 nitrogen and oxygen atoms in total. The van der Waals surface area contributed by atoms with Gasteiger partial charge in [0.1, 0.15) is 0 Å². The van der Waals surface area contributed by atoms with Gasteiger partial charge in [-0.1, -0.05) is 74.5 Å². The molecule has 3 aromatic rings. The molecule has 0 radical (unpaired) electrons. The van der Waals surface area contributed by atoms with Gasteiger partial charge in [0.05, 0.1) is 0 Å². The average Bonchev–Trinajstić information content (AvgIpc) is 2.88. The normalized spacial score (nSPS) is 20.3. The van der Waals surface area contributed by atoms with Gasteiger partial charge in [0, 0.05) is 0 Å². The lowest BCUT2D eigenvalue weighted by Crippen LogP contribution is -2.24. The topological polar surface area (TPSA) is 0 Å². The van der Waals surface area contributed by atoms with Gasteiger partial charge in [-0.25, -0.2) is 0 Å². The standard InChI is InChI=1S/C25H21I/c1-25(2)23-14-19(18-8-7-16-5-3-4-6-17(16)13-18)9-11-21(23)22-12-10-20(26)15-24(22)25/h3-14,24H,15H2,1-2H3. The first kappa shape index (κ1) is 16.3. The van der Waals surface area contributed by atoms with E-state index in [0.717, 1.165) is 0 Å². The number of fused-ring (bicyclic) bond motifs is 4. The molecule has 1 heteroatoms. The predicted octanol–water partition coefficient (Wildman–Crippen LogP) is 7.52. The quantitative estimate of drug-likeness (QED) is 0.338. The fourth-order valence-corrected chi connectivity index (χ4v) is 5.28. The van der Waals surface area contributed by atoms with Crippen LogP contribution in [-0.2, 0) is 5.41 Å².